The third kappa shape index (κ3) is 4.30. The lowest BCUT2D eigenvalue weighted by molar-refractivity contribution is -0.689. The predicted octanol–water partition coefficient (Wildman–Crippen LogP) is -0.401. The molecule has 4 rings (SSSR count). The van der Waals surface area contributed by atoms with Crippen molar-refractivity contribution >= 4 is 23.1 Å². The third-order valence-electron chi connectivity index (χ3n) is 6.13. The Labute approximate surface area is 175 Å². The molecule has 6 nitrogen and oxygen atoms in total. The highest BCUT2D eigenvalue weighted by Crippen LogP contribution is 2.48. The van der Waals surface area contributed by atoms with E-state index in [1.807, 2.05) is 6.92 Å². The molecule has 0 amide bonds. The number of aromatic nitrogens is 3. The Kier molecular flexibility index (Phi) is 6.55. The van der Waals surface area contributed by atoms with Gasteiger partial charge in [-0.15, -0.1) is 0 Å². The summed E-state index contributed by atoms with van der Waals surface area (Å²) in [7, 11) is 0. The van der Waals surface area contributed by atoms with E-state index in [1.54, 1.807) is 17.5 Å². The lowest BCUT2D eigenvalue weighted by Crippen LogP contribution is -3.00. The van der Waals surface area contributed by atoms with Crippen molar-refractivity contribution in [2.24, 2.45) is 17.8 Å². The maximum Gasteiger partial charge on any atom is 0.309 e. The molecular weight excluding hydrogens is 396 g/mol. The topological polar surface area (TPSA) is 82.0 Å². The largest absolute Gasteiger partial charge is 1.00 e. The number of halogens is 1. The summed E-state index contributed by atoms with van der Waals surface area (Å²) in [6.07, 6.45) is 7.34. The van der Waals surface area contributed by atoms with Crippen LogP contribution in [0.1, 0.15) is 47.6 Å². The fraction of sp³-hybridized carbons (Fsp3) is 0.600. The number of ether oxygens (including phenoxy) is 1. The van der Waals surface area contributed by atoms with Gasteiger partial charge in [0, 0.05) is 19.5 Å². The number of carbonyl (C=O) groups excluding carboxylic acids is 1. The average Bonchev–Trinajstić information content (AvgIpc) is 3.35. The number of nitrogens with two attached hydrogens (primary N) is 1. The Hall–Kier alpha value is -1.73. The van der Waals surface area contributed by atoms with E-state index in [0.29, 0.717) is 30.7 Å². The van der Waals surface area contributed by atoms with E-state index in [4.69, 9.17) is 10.5 Å². The van der Waals surface area contributed by atoms with Crippen LogP contribution in [0.3, 0.4) is 0 Å². The van der Waals surface area contributed by atoms with Crippen LogP contribution in [0.5, 0.6) is 0 Å². The second-order valence-electron chi connectivity index (χ2n) is 7.89. The standard InChI is InChI=1S/C20H27N4O2S.ClH/c1-12-18(5-6-26-20(25)17-8-14-3-4-15(17)7-14)27-11-24(12)10-16-9-22-13(2)23-19(16)21;/h9,11,14-15,17H,3-8,10H2,1-2H3,(H2,21,22,23);1H/q+1;/p-1. The Bertz CT molecular complexity index is 857. The van der Waals surface area contributed by atoms with Crippen molar-refractivity contribution in [1.29, 1.82) is 0 Å². The van der Waals surface area contributed by atoms with Crippen molar-refractivity contribution in [3.8, 4) is 0 Å². The normalized spacial score (nSPS) is 22.9. The number of hydrogen-bond acceptors (Lipinski definition) is 6. The fourth-order valence-corrected chi connectivity index (χ4v) is 5.53. The van der Waals surface area contributed by atoms with Crippen molar-refractivity contribution in [1.82, 2.24) is 9.97 Å². The van der Waals surface area contributed by atoms with Gasteiger partial charge in [-0.2, -0.15) is 4.57 Å². The van der Waals surface area contributed by atoms with Crippen LogP contribution in [0.15, 0.2) is 11.7 Å². The van der Waals surface area contributed by atoms with Gasteiger partial charge in [-0.25, -0.2) is 9.97 Å². The molecule has 2 aromatic rings. The van der Waals surface area contributed by atoms with Gasteiger partial charge in [-0.1, -0.05) is 17.8 Å². The SMILES string of the molecule is Cc1ncc(C[n+]2csc(CCOC(=O)C3CC4CCC3C4)c2C)c(N)n1.[Cl-]. The average molecular weight is 423 g/mol. The molecule has 0 saturated heterocycles. The van der Waals surface area contributed by atoms with E-state index in [0.717, 1.165) is 24.3 Å². The van der Waals surface area contributed by atoms with E-state index >= 15 is 0 Å². The molecule has 2 bridgehead atoms. The van der Waals surface area contributed by atoms with E-state index in [1.165, 1.54) is 29.8 Å². The number of hydrogen-bond donors (Lipinski definition) is 1. The molecule has 3 atom stereocenters. The molecule has 8 heteroatoms. The first-order valence-corrected chi connectivity index (χ1v) is 10.6. The van der Waals surface area contributed by atoms with Crippen molar-refractivity contribution in [2.75, 3.05) is 12.3 Å². The van der Waals surface area contributed by atoms with E-state index in [-0.39, 0.29) is 24.3 Å². The summed E-state index contributed by atoms with van der Waals surface area (Å²) in [6.45, 7) is 5.04. The van der Waals surface area contributed by atoms with E-state index < -0.39 is 0 Å². The number of carbonyl (C=O) groups is 1. The molecule has 3 unspecified atom stereocenters. The van der Waals surface area contributed by atoms with Gasteiger partial charge in [-0.05, 0) is 38.0 Å². The lowest BCUT2D eigenvalue weighted by atomic mass is 9.89. The first-order chi connectivity index (χ1) is 13.0. The molecule has 2 fully saturated rings. The maximum atomic E-state index is 12.4. The Morgan fingerprint density at radius 3 is 2.86 bits per heavy atom. The lowest BCUT2D eigenvalue weighted by Gasteiger charge is -2.19. The predicted molar refractivity (Wildman–Crippen MR) is 103 cm³/mol. The highest BCUT2D eigenvalue weighted by molar-refractivity contribution is 7.09. The van der Waals surface area contributed by atoms with Gasteiger partial charge in [-0.3, -0.25) is 4.79 Å². The maximum absolute atomic E-state index is 12.4. The summed E-state index contributed by atoms with van der Waals surface area (Å²) in [5.74, 6) is 2.74. The molecule has 152 valence electrons. The highest BCUT2D eigenvalue weighted by atomic mass is 35.5. The van der Waals surface area contributed by atoms with Crippen LogP contribution in [0.2, 0.25) is 0 Å². The second-order valence-corrected chi connectivity index (χ2v) is 8.83. The fourth-order valence-electron chi connectivity index (χ4n) is 4.55. The number of nitrogen functional groups attached to an aromatic ring is 1. The van der Waals surface area contributed by atoms with Gasteiger partial charge < -0.3 is 22.9 Å². The Morgan fingerprint density at radius 2 is 2.18 bits per heavy atom. The van der Waals surface area contributed by atoms with Crippen LogP contribution >= 0.6 is 11.3 Å². The second kappa shape index (κ2) is 8.74. The third-order valence-corrected chi connectivity index (χ3v) is 7.27. The number of nitrogens with zero attached hydrogens (tertiary/aromatic N) is 3. The monoisotopic (exact) mass is 422 g/mol. The van der Waals surface area contributed by atoms with Crippen molar-refractivity contribution in [3.63, 3.8) is 0 Å². The number of esters is 1. The summed E-state index contributed by atoms with van der Waals surface area (Å²) in [6, 6.07) is 0. The molecule has 2 N–H and O–H groups in total. The zero-order chi connectivity index (χ0) is 19.0. The minimum atomic E-state index is 0. The molecule has 0 aromatic carbocycles. The molecule has 28 heavy (non-hydrogen) atoms. The Morgan fingerprint density at radius 1 is 1.36 bits per heavy atom. The molecule has 2 aliphatic carbocycles. The van der Waals surface area contributed by atoms with Gasteiger partial charge in [0.1, 0.15) is 11.6 Å². The Balaban J connectivity index is 0.00000225. The van der Waals surface area contributed by atoms with Gasteiger partial charge >= 0.3 is 5.97 Å². The molecule has 0 spiro atoms. The first-order valence-electron chi connectivity index (χ1n) is 9.72. The number of rotatable bonds is 6. The van der Waals surface area contributed by atoms with Crippen molar-refractivity contribution in [2.45, 2.75) is 52.5 Å². The highest BCUT2D eigenvalue weighted by Gasteiger charge is 2.43. The molecule has 0 aliphatic heterocycles. The minimum Gasteiger partial charge on any atom is -1.00 e. The van der Waals surface area contributed by atoms with E-state index in [9.17, 15) is 4.79 Å². The quantitative estimate of drug-likeness (QED) is 0.506. The van der Waals surface area contributed by atoms with Crippen LogP contribution in [0.4, 0.5) is 5.82 Å². The smallest absolute Gasteiger partial charge is 0.309 e. The van der Waals surface area contributed by atoms with Crippen molar-refractivity contribution in [3.05, 3.63) is 33.7 Å². The van der Waals surface area contributed by atoms with Crippen LogP contribution in [-0.4, -0.2) is 22.5 Å². The molecule has 2 saturated carbocycles. The molecule has 2 heterocycles. The van der Waals surface area contributed by atoms with E-state index in [2.05, 4.69) is 27.0 Å². The van der Waals surface area contributed by atoms with Gasteiger partial charge in [0.2, 0.25) is 5.51 Å². The zero-order valence-electron chi connectivity index (χ0n) is 16.4. The number of fused-ring (bicyclic) bond motifs is 2. The molecule has 0 radical (unpaired) electrons. The number of aryl methyl sites for hydroxylation is 1. The summed E-state index contributed by atoms with van der Waals surface area (Å²) >= 11 is 1.69. The van der Waals surface area contributed by atoms with Crippen LogP contribution in [0.25, 0.3) is 0 Å². The summed E-state index contributed by atoms with van der Waals surface area (Å²) in [5, 5.41) is 0. The molecular formula is C20H27ClN4O2S. The van der Waals surface area contributed by atoms with Gasteiger partial charge in [0.25, 0.3) is 0 Å². The molecule has 2 aromatic heterocycles. The number of thiazole rings is 1. The summed E-state index contributed by atoms with van der Waals surface area (Å²) < 4.78 is 7.77. The number of anilines is 1. The van der Waals surface area contributed by atoms with Crippen LogP contribution < -0.4 is 22.7 Å². The molecule has 2 aliphatic rings. The summed E-state index contributed by atoms with van der Waals surface area (Å²) in [5.41, 5.74) is 10.2. The van der Waals surface area contributed by atoms with Gasteiger partial charge in [0.05, 0.1) is 23.0 Å². The first kappa shape index (κ1) is 21.0. The van der Waals surface area contributed by atoms with Gasteiger partial charge in [0.15, 0.2) is 12.2 Å². The van der Waals surface area contributed by atoms with Crippen LogP contribution in [0, 0.1) is 31.6 Å². The van der Waals surface area contributed by atoms with Crippen LogP contribution in [-0.2, 0) is 22.5 Å². The minimum absolute atomic E-state index is 0. The summed E-state index contributed by atoms with van der Waals surface area (Å²) in [4.78, 5) is 22.1. The zero-order valence-corrected chi connectivity index (χ0v) is 17.9. The van der Waals surface area contributed by atoms with Crippen molar-refractivity contribution < 1.29 is 26.5 Å².